The molecule has 0 saturated heterocycles. The number of H-pyrrole nitrogens is 1. The van der Waals surface area contributed by atoms with Crippen LogP contribution in [0.1, 0.15) is 32.4 Å². The van der Waals surface area contributed by atoms with Crippen LogP contribution in [0.25, 0.3) is 0 Å². The lowest BCUT2D eigenvalue weighted by molar-refractivity contribution is -0.143. The number of hydrogen-bond donors (Lipinski definition) is 8. The van der Waals surface area contributed by atoms with Gasteiger partial charge in [-0.2, -0.15) is 0 Å². The highest BCUT2D eigenvalue weighted by molar-refractivity contribution is 5.94. The lowest BCUT2D eigenvalue weighted by atomic mass is 10.0. The first-order chi connectivity index (χ1) is 15.4. The number of aliphatic hydroxyl groups excluding tert-OH is 1. The van der Waals surface area contributed by atoms with Gasteiger partial charge in [-0.15, -0.1) is 0 Å². The maximum Gasteiger partial charge on any atom is 0.326 e. The van der Waals surface area contributed by atoms with E-state index in [1.165, 1.54) is 12.5 Å². The van der Waals surface area contributed by atoms with Crippen molar-refractivity contribution < 1.29 is 39.3 Å². The van der Waals surface area contributed by atoms with Gasteiger partial charge in [-0.05, 0) is 12.3 Å². The van der Waals surface area contributed by atoms with E-state index >= 15 is 0 Å². The van der Waals surface area contributed by atoms with Gasteiger partial charge in [-0.1, -0.05) is 13.8 Å². The number of hydrogen-bond acceptors (Lipinski definition) is 8. The number of carbonyl (C=O) groups excluding carboxylic acids is 3. The number of rotatable bonds is 14. The van der Waals surface area contributed by atoms with Gasteiger partial charge in [0, 0.05) is 18.3 Å². The molecular formula is C19H30N6O8. The normalized spacial score (nSPS) is 14.6. The monoisotopic (exact) mass is 470 g/mol. The van der Waals surface area contributed by atoms with Gasteiger partial charge in [0.2, 0.25) is 17.7 Å². The summed E-state index contributed by atoms with van der Waals surface area (Å²) in [5.41, 5.74) is 5.97. The molecule has 184 valence electrons. The summed E-state index contributed by atoms with van der Waals surface area (Å²) in [5.74, 6) is -5.34. The molecule has 3 amide bonds. The molecule has 0 aliphatic rings. The number of nitrogens with one attached hydrogen (secondary N) is 4. The second kappa shape index (κ2) is 13.1. The van der Waals surface area contributed by atoms with Crippen LogP contribution in [0.15, 0.2) is 12.5 Å². The topological polar surface area (TPSA) is 237 Å². The van der Waals surface area contributed by atoms with Crippen molar-refractivity contribution in [3.8, 4) is 0 Å². The van der Waals surface area contributed by atoms with Crippen molar-refractivity contribution in [2.45, 2.75) is 57.3 Å². The number of nitrogens with two attached hydrogens (primary N) is 1. The van der Waals surface area contributed by atoms with Gasteiger partial charge in [0.25, 0.3) is 0 Å². The fourth-order valence-corrected chi connectivity index (χ4v) is 2.82. The average molecular weight is 470 g/mol. The standard InChI is InChI=1S/C19H30N6O8/c1-9(2)3-13(19(32)33)24-18(31)14(7-26)25-17(30)12(4-10-6-21-8-22-10)23-16(29)11(20)5-15(27)28/h6,8-9,11-14,26H,3-5,7,20H2,1-2H3,(H,21,22)(H,23,29)(H,24,31)(H,25,30)(H,27,28)(H,32,33). The summed E-state index contributed by atoms with van der Waals surface area (Å²) in [6, 6.07) is -5.45. The maximum absolute atomic E-state index is 12.8. The number of amides is 3. The van der Waals surface area contributed by atoms with Gasteiger partial charge in [0.05, 0.1) is 25.4 Å². The number of aromatic nitrogens is 2. The van der Waals surface area contributed by atoms with Gasteiger partial charge in [0.1, 0.15) is 18.1 Å². The zero-order valence-corrected chi connectivity index (χ0v) is 18.3. The highest BCUT2D eigenvalue weighted by Crippen LogP contribution is 2.06. The quantitative estimate of drug-likeness (QED) is 0.140. The van der Waals surface area contributed by atoms with Gasteiger partial charge in [0.15, 0.2) is 0 Å². The van der Waals surface area contributed by atoms with Crippen molar-refractivity contribution in [1.82, 2.24) is 25.9 Å². The van der Waals surface area contributed by atoms with E-state index in [-0.39, 0.29) is 18.8 Å². The Morgan fingerprint density at radius 1 is 1.00 bits per heavy atom. The second-order valence-corrected chi connectivity index (χ2v) is 7.82. The molecule has 4 atom stereocenters. The Kier molecular flexibility index (Phi) is 10.9. The number of imidazole rings is 1. The van der Waals surface area contributed by atoms with Crippen molar-refractivity contribution in [2.24, 2.45) is 11.7 Å². The van der Waals surface area contributed by atoms with Crippen LogP contribution in [0.3, 0.4) is 0 Å². The molecule has 0 saturated carbocycles. The largest absolute Gasteiger partial charge is 0.481 e. The van der Waals surface area contributed by atoms with Gasteiger partial charge in [-0.3, -0.25) is 19.2 Å². The summed E-state index contributed by atoms with van der Waals surface area (Å²) in [4.78, 5) is 66.2. The summed E-state index contributed by atoms with van der Waals surface area (Å²) in [6.45, 7) is 2.70. The molecule has 0 aliphatic carbocycles. The molecule has 33 heavy (non-hydrogen) atoms. The lowest BCUT2D eigenvalue weighted by Crippen LogP contribution is -2.58. The van der Waals surface area contributed by atoms with Crippen molar-refractivity contribution in [1.29, 1.82) is 0 Å². The Bertz CT molecular complexity index is 828. The number of aliphatic hydroxyl groups is 1. The Labute approximate surface area is 189 Å². The average Bonchev–Trinajstić information content (AvgIpc) is 3.22. The molecule has 14 heteroatoms. The van der Waals surface area contributed by atoms with E-state index in [1.54, 1.807) is 13.8 Å². The van der Waals surface area contributed by atoms with Crippen molar-refractivity contribution in [3.63, 3.8) is 0 Å². The lowest BCUT2D eigenvalue weighted by Gasteiger charge is -2.24. The summed E-state index contributed by atoms with van der Waals surface area (Å²) in [5, 5.41) is 34.5. The van der Waals surface area contributed by atoms with E-state index in [1.807, 2.05) is 0 Å². The summed E-state index contributed by atoms with van der Waals surface area (Å²) in [6.07, 6.45) is 2.09. The van der Waals surface area contributed by atoms with E-state index in [0.717, 1.165) is 0 Å². The number of aliphatic carboxylic acids is 2. The first-order valence-corrected chi connectivity index (χ1v) is 10.1. The molecular weight excluding hydrogens is 440 g/mol. The van der Waals surface area contributed by atoms with Crippen LogP contribution < -0.4 is 21.7 Å². The smallest absolute Gasteiger partial charge is 0.326 e. The van der Waals surface area contributed by atoms with E-state index in [2.05, 4.69) is 25.9 Å². The molecule has 0 radical (unpaired) electrons. The molecule has 4 unspecified atom stereocenters. The molecule has 0 bridgehead atoms. The number of aromatic amines is 1. The first kappa shape index (κ1) is 27.5. The van der Waals surface area contributed by atoms with E-state index in [4.69, 9.17) is 10.8 Å². The minimum absolute atomic E-state index is 0.0439. The van der Waals surface area contributed by atoms with Crippen LogP contribution >= 0.6 is 0 Å². The van der Waals surface area contributed by atoms with Crippen molar-refractivity contribution in [3.05, 3.63) is 18.2 Å². The number of carbonyl (C=O) groups is 5. The zero-order chi connectivity index (χ0) is 25.1. The Balaban J connectivity index is 2.93. The van der Waals surface area contributed by atoms with E-state index < -0.39 is 66.9 Å². The van der Waals surface area contributed by atoms with Crippen LogP contribution in [-0.2, 0) is 30.4 Å². The van der Waals surface area contributed by atoms with Crippen molar-refractivity contribution in [2.75, 3.05) is 6.61 Å². The first-order valence-electron chi connectivity index (χ1n) is 10.1. The molecule has 1 heterocycles. The number of carboxylic acid groups (broad SMARTS) is 2. The fraction of sp³-hybridized carbons (Fsp3) is 0.579. The predicted octanol–water partition coefficient (Wildman–Crippen LogP) is -2.67. The summed E-state index contributed by atoms with van der Waals surface area (Å²) < 4.78 is 0. The molecule has 1 aromatic rings. The molecule has 0 aromatic carbocycles. The summed E-state index contributed by atoms with van der Waals surface area (Å²) in [7, 11) is 0. The van der Waals surface area contributed by atoms with Gasteiger partial charge >= 0.3 is 11.9 Å². The third kappa shape index (κ3) is 9.65. The third-order valence-electron chi connectivity index (χ3n) is 4.48. The molecule has 1 rings (SSSR count). The Morgan fingerprint density at radius 2 is 1.58 bits per heavy atom. The van der Waals surface area contributed by atoms with Crippen molar-refractivity contribution >= 4 is 29.7 Å². The fourth-order valence-electron chi connectivity index (χ4n) is 2.82. The van der Waals surface area contributed by atoms with E-state index in [0.29, 0.717) is 5.69 Å². The zero-order valence-electron chi connectivity index (χ0n) is 18.3. The highest BCUT2D eigenvalue weighted by atomic mass is 16.4. The van der Waals surface area contributed by atoms with Gasteiger partial charge < -0.3 is 42.0 Å². The van der Waals surface area contributed by atoms with Crippen LogP contribution in [0, 0.1) is 5.92 Å². The number of carboxylic acids is 2. The molecule has 0 fully saturated rings. The molecule has 1 aromatic heterocycles. The highest BCUT2D eigenvalue weighted by Gasteiger charge is 2.31. The molecule has 14 nitrogen and oxygen atoms in total. The predicted molar refractivity (Wildman–Crippen MR) is 112 cm³/mol. The third-order valence-corrected chi connectivity index (χ3v) is 4.48. The summed E-state index contributed by atoms with van der Waals surface area (Å²) >= 11 is 0. The van der Waals surface area contributed by atoms with Crippen LogP contribution in [0.2, 0.25) is 0 Å². The molecule has 0 aliphatic heterocycles. The van der Waals surface area contributed by atoms with E-state index in [9.17, 15) is 34.2 Å². The van der Waals surface area contributed by atoms with Gasteiger partial charge in [-0.25, -0.2) is 9.78 Å². The minimum Gasteiger partial charge on any atom is -0.481 e. The molecule has 0 spiro atoms. The van der Waals surface area contributed by atoms with Crippen LogP contribution in [-0.4, -0.2) is 85.7 Å². The maximum atomic E-state index is 12.8. The van der Waals surface area contributed by atoms with Crippen LogP contribution in [0.4, 0.5) is 0 Å². The second-order valence-electron chi connectivity index (χ2n) is 7.82. The Hall–Kier alpha value is -3.52. The molecule has 9 N–H and O–H groups in total. The minimum atomic E-state index is -1.50. The van der Waals surface area contributed by atoms with Crippen LogP contribution in [0.5, 0.6) is 0 Å². The Morgan fingerprint density at radius 3 is 2.06 bits per heavy atom. The number of nitrogens with zero attached hydrogens (tertiary/aromatic N) is 1. The SMILES string of the molecule is CC(C)CC(NC(=O)C(CO)NC(=O)C(Cc1cnc[nH]1)NC(=O)C(N)CC(=O)O)C(=O)O.